The van der Waals surface area contributed by atoms with Gasteiger partial charge in [0.25, 0.3) is 5.91 Å². The maximum Gasteiger partial charge on any atom is 0.271 e. The number of carbonyl (C=O) groups is 1. The average molecular weight is 357 g/mol. The van der Waals surface area contributed by atoms with E-state index in [2.05, 4.69) is 25.7 Å². The molecular formula is C18H23N5O3. The van der Waals surface area contributed by atoms with Gasteiger partial charge in [-0.05, 0) is 36.4 Å². The molecule has 1 amide bonds. The van der Waals surface area contributed by atoms with Gasteiger partial charge in [0, 0.05) is 31.9 Å². The minimum atomic E-state index is -0.221. The van der Waals surface area contributed by atoms with E-state index in [1.54, 1.807) is 19.2 Å². The Labute approximate surface area is 152 Å². The first kappa shape index (κ1) is 18.1. The van der Waals surface area contributed by atoms with Crippen LogP contribution in [0.3, 0.4) is 0 Å². The molecule has 0 bridgehead atoms. The van der Waals surface area contributed by atoms with Crippen LogP contribution in [0.15, 0.2) is 36.4 Å². The zero-order chi connectivity index (χ0) is 18.2. The molecule has 1 saturated heterocycles. The van der Waals surface area contributed by atoms with Crippen molar-refractivity contribution in [1.82, 2.24) is 20.4 Å². The van der Waals surface area contributed by atoms with E-state index in [-0.39, 0.29) is 5.91 Å². The molecule has 0 radical (unpaired) electrons. The van der Waals surface area contributed by atoms with Crippen molar-refractivity contribution in [1.29, 1.82) is 0 Å². The lowest BCUT2D eigenvalue weighted by atomic mass is 10.3. The van der Waals surface area contributed by atoms with Crippen LogP contribution in [0.1, 0.15) is 10.5 Å². The van der Waals surface area contributed by atoms with Gasteiger partial charge < -0.3 is 20.1 Å². The number of morpholine rings is 1. The van der Waals surface area contributed by atoms with Gasteiger partial charge in [0.05, 0.1) is 20.3 Å². The molecule has 1 aromatic heterocycles. The van der Waals surface area contributed by atoms with Crippen LogP contribution < -0.4 is 15.4 Å². The highest BCUT2D eigenvalue weighted by molar-refractivity contribution is 5.92. The molecule has 8 heteroatoms. The van der Waals surface area contributed by atoms with Gasteiger partial charge in [-0.1, -0.05) is 0 Å². The number of amides is 1. The summed E-state index contributed by atoms with van der Waals surface area (Å²) in [6.07, 6.45) is 0. The highest BCUT2D eigenvalue weighted by Crippen LogP contribution is 2.18. The summed E-state index contributed by atoms with van der Waals surface area (Å²) in [4.78, 5) is 14.4. The summed E-state index contributed by atoms with van der Waals surface area (Å²) in [7, 11) is 1.62. The Balaban J connectivity index is 1.47. The molecule has 1 aromatic carbocycles. The van der Waals surface area contributed by atoms with E-state index in [1.807, 2.05) is 24.3 Å². The minimum Gasteiger partial charge on any atom is -0.497 e. The SMILES string of the molecule is COc1ccc(Nc2ccc(C(=O)NCCN3CCOCC3)nn2)cc1. The smallest absolute Gasteiger partial charge is 0.271 e. The van der Waals surface area contributed by atoms with Crippen LogP contribution in [-0.4, -0.2) is 67.5 Å². The van der Waals surface area contributed by atoms with Crippen LogP contribution in [0.4, 0.5) is 11.5 Å². The lowest BCUT2D eigenvalue weighted by molar-refractivity contribution is 0.0383. The van der Waals surface area contributed by atoms with Gasteiger partial charge in [-0.15, -0.1) is 10.2 Å². The number of carbonyl (C=O) groups excluding carboxylic acids is 1. The first-order valence-corrected chi connectivity index (χ1v) is 8.58. The molecule has 8 nitrogen and oxygen atoms in total. The van der Waals surface area contributed by atoms with Crippen molar-refractivity contribution in [3.05, 3.63) is 42.1 Å². The van der Waals surface area contributed by atoms with E-state index >= 15 is 0 Å². The average Bonchev–Trinajstić information content (AvgIpc) is 2.70. The van der Waals surface area contributed by atoms with Crippen LogP contribution in [0, 0.1) is 0 Å². The quantitative estimate of drug-likeness (QED) is 0.772. The minimum absolute atomic E-state index is 0.221. The van der Waals surface area contributed by atoms with Crippen molar-refractivity contribution in [3.8, 4) is 5.75 Å². The molecule has 138 valence electrons. The summed E-state index contributed by atoms with van der Waals surface area (Å²) in [6.45, 7) is 4.69. The van der Waals surface area contributed by atoms with Gasteiger partial charge in [-0.25, -0.2) is 0 Å². The Kier molecular flexibility index (Phi) is 6.34. The number of methoxy groups -OCH3 is 1. The Morgan fingerprint density at radius 1 is 1.15 bits per heavy atom. The molecule has 2 heterocycles. The predicted octanol–water partition coefficient (Wildman–Crippen LogP) is 1.29. The first-order valence-electron chi connectivity index (χ1n) is 8.58. The molecule has 0 unspecified atom stereocenters. The Morgan fingerprint density at radius 2 is 1.92 bits per heavy atom. The molecule has 3 rings (SSSR count). The predicted molar refractivity (Wildman–Crippen MR) is 97.9 cm³/mol. The monoisotopic (exact) mass is 357 g/mol. The fourth-order valence-corrected chi connectivity index (χ4v) is 2.59. The largest absolute Gasteiger partial charge is 0.497 e. The summed E-state index contributed by atoms with van der Waals surface area (Å²) < 4.78 is 10.4. The van der Waals surface area contributed by atoms with Crippen molar-refractivity contribution in [2.24, 2.45) is 0 Å². The van der Waals surface area contributed by atoms with Crippen molar-refractivity contribution in [3.63, 3.8) is 0 Å². The van der Waals surface area contributed by atoms with Crippen LogP contribution in [0.25, 0.3) is 0 Å². The normalized spacial score (nSPS) is 14.7. The summed E-state index contributed by atoms with van der Waals surface area (Å²) in [5.41, 5.74) is 1.16. The van der Waals surface area contributed by atoms with E-state index in [0.717, 1.165) is 44.3 Å². The third kappa shape index (κ3) is 5.14. The van der Waals surface area contributed by atoms with Gasteiger partial charge in [0.1, 0.15) is 5.75 Å². The number of ether oxygens (including phenoxy) is 2. The van der Waals surface area contributed by atoms with Gasteiger partial charge in [-0.2, -0.15) is 0 Å². The third-order valence-corrected chi connectivity index (χ3v) is 4.08. The fraction of sp³-hybridized carbons (Fsp3) is 0.389. The number of anilines is 2. The van der Waals surface area contributed by atoms with E-state index < -0.39 is 0 Å². The highest BCUT2D eigenvalue weighted by Gasteiger charge is 2.12. The van der Waals surface area contributed by atoms with Crippen LogP contribution >= 0.6 is 0 Å². The van der Waals surface area contributed by atoms with Crippen molar-refractivity contribution in [2.45, 2.75) is 0 Å². The van der Waals surface area contributed by atoms with E-state index in [9.17, 15) is 4.79 Å². The number of hydrogen-bond acceptors (Lipinski definition) is 7. The summed E-state index contributed by atoms with van der Waals surface area (Å²) in [5, 5.41) is 14.0. The summed E-state index contributed by atoms with van der Waals surface area (Å²) in [5.74, 6) is 1.13. The molecule has 0 spiro atoms. The zero-order valence-electron chi connectivity index (χ0n) is 14.8. The van der Waals surface area contributed by atoms with Crippen LogP contribution in [0.5, 0.6) is 5.75 Å². The second kappa shape index (κ2) is 9.12. The molecular weight excluding hydrogens is 334 g/mol. The van der Waals surface area contributed by atoms with E-state index in [4.69, 9.17) is 9.47 Å². The lowest BCUT2D eigenvalue weighted by Crippen LogP contribution is -2.41. The molecule has 1 fully saturated rings. The number of rotatable bonds is 7. The molecule has 2 N–H and O–H groups in total. The Hall–Kier alpha value is -2.71. The van der Waals surface area contributed by atoms with Gasteiger partial charge in [0.15, 0.2) is 11.5 Å². The Morgan fingerprint density at radius 3 is 2.58 bits per heavy atom. The second-order valence-electron chi connectivity index (χ2n) is 5.87. The number of benzene rings is 1. The topological polar surface area (TPSA) is 88.6 Å². The number of hydrogen-bond donors (Lipinski definition) is 2. The molecule has 0 saturated carbocycles. The van der Waals surface area contributed by atoms with Gasteiger partial charge in [0.2, 0.25) is 0 Å². The van der Waals surface area contributed by atoms with Crippen LogP contribution in [0.2, 0.25) is 0 Å². The van der Waals surface area contributed by atoms with Crippen molar-refractivity contribution in [2.75, 3.05) is 51.8 Å². The van der Waals surface area contributed by atoms with Crippen molar-refractivity contribution < 1.29 is 14.3 Å². The Bertz CT molecular complexity index is 700. The fourth-order valence-electron chi connectivity index (χ4n) is 2.59. The number of nitrogens with one attached hydrogen (secondary N) is 2. The maximum absolute atomic E-state index is 12.1. The summed E-state index contributed by atoms with van der Waals surface area (Å²) >= 11 is 0. The standard InChI is InChI=1S/C18H23N5O3/c1-25-15-4-2-14(3-5-15)20-17-7-6-16(21-22-17)18(24)19-8-9-23-10-12-26-13-11-23/h2-7H,8-13H2,1H3,(H,19,24)(H,20,22). The molecule has 2 aromatic rings. The van der Waals surface area contributed by atoms with E-state index in [1.165, 1.54) is 0 Å². The molecule has 0 aliphatic carbocycles. The lowest BCUT2D eigenvalue weighted by Gasteiger charge is -2.26. The third-order valence-electron chi connectivity index (χ3n) is 4.08. The highest BCUT2D eigenvalue weighted by atomic mass is 16.5. The van der Waals surface area contributed by atoms with Gasteiger partial charge >= 0.3 is 0 Å². The molecule has 26 heavy (non-hydrogen) atoms. The van der Waals surface area contributed by atoms with Crippen molar-refractivity contribution >= 4 is 17.4 Å². The van der Waals surface area contributed by atoms with Gasteiger partial charge in [-0.3, -0.25) is 9.69 Å². The van der Waals surface area contributed by atoms with E-state index in [0.29, 0.717) is 18.1 Å². The molecule has 1 aliphatic rings. The molecule has 0 atom stereocenters. The first-order chi connectivity index (χ1) is 12.7. The number of nitrogens with zero attached hydrogens (tertiary/aromatic N) is 3. The maximum atomic E-state index is 12.1. The van der Waals surface area contributed by atoms with Crippen LogP contribution in [-0.2, 0) is 4.74 Å². The molecule has 1 aliphatic heterocycles. The summed E-state index contributed by atoms with van der Waals surface area (Å²) in [6, 6.07) is 10.9. The zero-order valence-corrected chi connectivity index (χ0v) is 14.8. The second-order valence-corrected chi connectivity index (χ2v) is 5.87. The number of aromatic nitrogens is 2.